The minimum atomic E-state index is -5.10. The first-order valence-electron chi connectivity index (χ1n) is 11.8. The second-order valence-corrected chi connectivity index (χ2v) is 8.68. The van der Waals surface area contributed by atoms with E-state index < -0.39 is 47.8 Å². The van der Waals surface area contributed by atoms with Crippen LogP contribution in [0.1, 0.15) is 23.6 Å². The van der Waals surface area contributed by atoms with Crippen molar-refractivity contribution in [2.24, 2.45) is 0 Å². The average molecular weight is 586 g/mol. The van der Waals surface area contributed by atoms with Gasteiger partial charge in [0.1, 0.15) is 23.1 Å². The highest BCUT2D eigenvalue weighted by Crippen LogP contribution is 2.42. The number of methoxy groups -OCH3 is 1. The molecule has 0 aliphatic rings. The zero-order valence-corrected chi connectivity index (χ0v) is 21.5. The number of amides is 2. The number of nitrogens with one attached hydrogen (secondary N) is 1. The lowest BCUT2D eigenvalue weighted by Gasteiger charge is -2.41. The van der Waals surface area contributed by atoms with E-state index in [2.05, 4.69) is 19.5 Å². The van der Waals surface area contributed by atoms with E-state index in [4.69, 9.17) is 0 Å². The molecule has 0 aliphatic carbocycles. The van der Waals surface area contributed by atoms with Gasteiger partial charge in [0.25, 0.3) is 0 Å². The van der Waals surface area contributed by atoms with Gasteiger partial charge in [-0.3, -0.25) is 5.21 Å². The molecule has 3 rings (SSSR count). The Hall–Kier alpha value is -4.46. The van der Waals surface area contributed by atoms with Crippen LogP contribution in [0.3, 0.4) is 0 Å². The van der Waals surface area contributed by atoms with Crippen LogP contribution in [-0.2, 0) is 21.5 Å². The van der Waals surface area contributed by atoms with Crippen molar-refractivity contribution in [3.63, 3.8) is 0 Å². The van der Waals surface area contributed by atoms with Crippen molar-refractivity contribution < 1.29 is 55.3 Å². The summed E-state index contributed by atoms with van der Waals surface area (Å²) in [4.78, 5) is 25.2. The fourth-order valence-electron chi connectivity index (χ4n) is 4.14. The largest absolute Gasteiger partial charge is 0.573 e. The molecule has 14 heteroatoms. The molecule has 2 amide bonds. The second kappa shape index (κ2) is 12.4. The summed E-state index contributed by atoms with van der Waals surface area (Å²) in [7, 11) is 1.06. The Morgan fingerprint density at radius 2 is 1.32 bits per heavy atom. The van der Waals surface area contributed by atoms with Gasteiger partial charge in [0.05, 0.1) is 7.11 Å². The van der Waals surface area contributed by atoms with Crippen LogP contribution >= 0.6 is 0 Å². The Morgan fingerprint density at radius 3 is 1.76 bits per heavy atom. The zero-order valence-electron chi connectivity index (χ0n) is 21.5. The molecule has 41 heavy (non-hydrogen) atoms. The Bertz CT molecular complexity index is 1290. The van der Waals surface area contributed by atoms with E-state index in [1.807, 2.05) is 0 Å². The lowest BCUT2D eigenvalue weighted by atomic mass is 9.77. The highest BCUT2D eigenvalue weighted by molar-refractivity contribution is 5.83. The van der Waals surface area contributed by atoms with E-state index in [1.165, 1.54) is 19.1 Å². The standard InChI is InChI=1S/C27H24F6N2O6/c1-17(23(36)39-2)34-24(37)35(38)25(16-18-8-4-3-5-9-18,19-10-6-12-21(14-19)40-26(28,29)30)20-11-7-13-22(15-20)41-27(31,32)33/h3-15,17,38H,16H2,1-2H3,(H,34,37)/t17-/m1/s1. The zero-order chi connectivity index (χ0) is 30.4. The summed E-state index contributed by atoms with van der Waals surface area (Å²) in [5.74, 6) is -2.35. The van der Waals surface area contributed by atoms with E-state index in [0.29, 0.717) is 5.56 Å². The van der Waals surface area contributed by atoms with Gasteiger partial charge in [0, 0.05) is 6.42 Å². The van der Waals surface area contributed by atoms with Crippen LogP contribution in [-0.4, -0.2) is 48.1 Å². The van der Waals surface area contributed by atoms with Crippen molar-refractivity contribution in [2.75, 3.05) is 7.11 Å². The molecule has 0 spiro atoms. The van der Waals surface area contributed by atoms with E-state index in [0.717, 1.165) is 43.5 Å². The number of hydrogen-bond acceptors (Lipinski definition) is 6. The number of urea groups is 1. The summed E-state index contributed by atoms with van der Waals surface area (Å²) in [5.41, 5.74) is -2.15. The van der Waals surface area contributed by atoms with E-state index >= 15 is 0 Å². The highest BCUT2D eigenvalue weighted by Gasteiger charge is 2.45. The first kappa shape index (κ1) is 31.1. The maximum absolute atomic E-state index is 13.3. The summed E-state index contributed by atoms with van der Waals surface area (Å²) in [6.45, 7) is 1.24. The number of hydroxylamine groups is 2. The van der Waals surface area contributed by atoms with Gasteiger partial charge in [-0.1, -0.05) is 54.6 Å². The number of ether oxygens (including phenoxy) is 3. The summed E-state index contributed by atoms with van der Waals surface area (Å²) >= 11 is 0. The van der Waals surface area contributed by atoms with Gasteiger partial charge in [-0.05, 0) is 47.9 Å². The van der Waals surface area contributed by atoms with Gasteiger partial charge >= 0.3 is 24.7 Å². The molecule has 220 valence electrons. The smallest absolute Gasteiger partial charge is 0.467 e. The van der Waals surface area contributed by atoms with Gasteiger partial charge in [-0.15, -0.1) is 26.3 Å². The van der Waals surface area contributed by atoms with Crippen molar-refractivity contribution in [3.05, 3.63) is 95.6 Å². The molecule has 0 aromatic heterocycles. The molecule has 0 bridgehead atoms. The summed E-state index contributed by atoms with van der Waals surface area (Å²) in [6, 6.07) is 13.9. The first-order chi connectivity index (χ1) is 19.1. The summed E-state index contributed by atoms with van der Waals surface area (Å²) in [5, 5.41) is 13.8. The molecule has 8 nitrogen and oxygen atoms in total. The van der Waals surface area contributed by atoms with Gasteiger partial charge in [0.2, 0.25) is 0 Å². The fourth-order valence-corrected chi connectivity index (χ4v) is 4.14. The SMILES string of the molecule is COC(=O)[C@@H](C)NC(=O)N(O)C(Cc1ccccc1)(c1cccc(OC(F)(F)F)c1)c1cccc(OC(F)(F)F)c1. The predicted molar refractivity (Wildman–Crippen MR) is 131 cm³/mol. The third-order valence-electron chi connectivity index (χ3n) is 5.84. The first-order valence-corrected chi connectivity index (χ1v) is 11.8. The average Bonchev–Trinajstić information content (AvgIpc) is 2.89. The predicted octanol–water partition coefficient (Wildman–Crippen LogP) is 5.93. The van der Waals surface area contributed by atoms with Gasteiger partial charge in [0.15, 0.2) is 0 Å². The number of alkyl halides is 6. The Kier molecular flexibility index (Phi) is 9.38. The molecule has 3 aromatic carbocycles. The minimum absolute atomic E-state index is 0.0961. The maximum atomic E-state index is 13.3. The normalized spacial score (nSPS) is 12.7. The van der Waals surface area contributed by atoms with Crippen molar-refractivity contribution >= 4 is 12.0 Å². The van der Waals surface area contributed by atoms with E-state index in [9.17, 15) is 41.1 Å². The molecule has 1 atom stereocenters. The van der Waals surface area contributed by atoms with Crippen molar-refractivity contribution in [1.29, 1.82) is 0 Å². The summed E-state index contributed by atoms with van der Waals surface area (Å²) < 4.78 is 91.1. The highest BCUT2D eigenvalue weighted by atomic mass is 19.4. The van der Waals surface area contributed by atoms with Gasteiger partial charge < -0.3 is 19.5 Å². The molecule has 0 saturated carbocycles. The maximum Gasteiger partial charge on any atom is 0.573 e. The number of nitrogens with zero attached hydrogens (tertiary/aromatic N) is 1. The Labute approximate surface area is 230 Å². The number of benzene rings is 3. The molecular weight excluding hydrogens is 562 g/mol. The topological polar surface area (TPSA) is 97.3 Å². The Morgan fingerprint density at radius 1 is 0.829 bits per heavy atom. The molecule has 2 N–H and O–H groups in total. The van der Waals surface area contributed by atoms with Crippen LogP contribution in [0.2, 0.25) is 0 Å². The Balaban J connectivity index is 2.30. The summed E-state index contributed by atoms with van der Waals surface area (Å²) in [6.07, 6.45) is -10.6. The molecule has 0 radical (unpaired) electrons. The monoisotopic (exact) mass is 586 g/mol. The number of carbonyl (C=O) groups is 2. The number of hydrogen-bond donors (Lipinski definition) is 2. The number of carbonyl (C=O) groups excluding carboxylic acids is 2. The van der Waals surface area contributed by atoms with Crippen LogP contribution in [0, 0.1) is 0 Å². The molecule has 0 fully saturated rings. The molecular formula is C27H24F6N2O6. The van der Waals surface area contributed by atoms with Crippen LogP contribution in [0.15, 0.2) is 78.9 Å². The lowest BCUT2D eigenvalue weighted by Crippen LogP contribution is -2.55. The molecule has 0 saturated heterocycles. The van der Waals surface area contributed by atoms with Crippen LogP contribution in [0.5, 0.6) is 11.5 Å². The number of halogens is 6. The van der Waals surface area contributed by atoms with Crippen LogP contribution < -0.4 is 14.8 Å². The van der Waals surface area contributed by atoms with Crippen molar-refractivity contribution in [2.45, 2.75) is 37.7 Å². The minimum Gasteiger partial charge on any atom is -0.467 e. The molecule has 0 heterocycles. The third-order valence-corrected chi connectivity index (χ3v) is 5.84. The lowest BCUT2D eigenvalue weighted by molar-refractivity contribution is -0.275. The van der Waals surface area contributed by atoms with Crippen molar-refractivity contribution in [1.82, 2.24) is 10.4 Å². The van der Waals surface area contributed by atoms with Crippen LogP contribution in [0.4, 0.5) is 31.1 Å². The molecule has 0 unspecified atom stereocenters. The fraction of sp³-hybridized carbons (Fsp3) is 0.259. The number of rotatable bonds is 9. The second-order valence-electron chi connectivity index (χ2n) is 8.68. The van der Waals surface area contributed by atoms with E-state index in [1.54, 1.807) is 30.3 Å². The number of esters is 1. The van der Waals surface area contributed by atoms with Gasteiger partial charge in [-0.25, -0.2) is 9.59 Å². The third kappa shape index (κ3) is 8.03. The van der Waals surface area contributed by atoms with Gasteiger partial charge in [-0.2, -0.15) is 5.06 Å². The quantitative estimate of drug-likeness (QED) is 0.140. The van der Waals surface area contributed by atoms with Crippen molar-refractivity contribution in [3.8, 4) is 11.5 Å². The van der Waals surface area contributed by atoms with Crippen LogP contribution in [0.25, 0.3) is 0 Å². The molecule has 3 aromatic rings. The van der Waals surface area contributed by atoms with E-state index in [-0.39, 0.29) is 22.6 Å². The molecule has 0 aliphatic heterocycles.